The first kappa shape index (κ1) is 14.7. The van der Waals surface area contributed by atoms with Gasteiger partial charge in [0.1, 0.15) is 12.4 Å². The third kappa shape index (κ3) is 5.29. The first-order chi connectivity index (χ1) is 8.57. The smallest absolute Gasteiger partial charge is 0.119 e. The van der Waals surface area contributed by atoms with E-state index in [4.69, 9.17) is 14.9 Å². The van der Waals surface area contributed by atoms with Crippen LogP contribution in [0.3, 0.4) is 0 Å². The highest BCUT2D eigenvalue weighted by molar-refractivity contribution is 5.79. The van der Waals surface area contributed by atoms with Crippen molar-refractivity contribution in [2.75, 3.05) is 26.4 Å². The van der Waals surface area contributed by atoms with Crippen molar-refractivity contribution in [3.05, 3.63) is 29.8 Å². The van der Waals surface area contributed by atoms with Crippen molar-refractivity contribution in [2.24, 2.45) is 10.4 Å². The fourth-order valence-electron chi connectivity index (χ4n) is 1.26. The number of rotatable bonds is 7. The van der Waals surface area contributed by atoms with Gasteiger partial charge in [-0.05, 0) is 29.8 Å². The lowest BCUT2D eigenvalue weighted by atomic mass is 9.95. The zero-order valence-electron chi connectivity index (χ0n) is 11.0. The number of hydrogen-bond acceptors (Lipinski definition) is 4. The summed E-state index contributed by atoms with van der Waals surface area (Å²) in [5, 5.41) is 17.7. The van der Waals surface area contributed by atoms with Crippen LogP contribution in [0, 0.1) is 5.41 Å². The molecule has 0 aromatic heterocycles. The third-order valence-electron chi connectivity index (χ3n) is 2.43. The lowest BCUT2D eigenvalue weighted by Crippen LogP contribution is -2.20. The molecule has 0 spiro atoms. The molecule has 0 radical (unpaired) electrons. The summed E-state index contributed by atoms with van der Waals surface area (Å²) in [5.74, 6) is 0.733. The molecule has 0 aliphatic rings. The van der Waals surface area contributed by atoms with E-state index < -0.39 is 0 Å². The first-order valence-electron chi connectivity index (χ1n) is 6.02. The van der Waals surface area contributed by atoms with E-state index in [0.717, 1.165) is 11.3 Å². The minimum Gasteiger partial charge on any atom is -0.491 e. The number of aliphatic imine (C=N–C) groups is 1. The van der Waals surface area contributed by atoms with Crippen LogP contribution in [0.4, 0.5) is 0 Å². The summed E-state index contributed by atoms with van der Waals surface area (Å²) in [6.07, 6.45) is 1.78. The Hall–Kier alpha value is -1.39. The summed E-state index contributed by atoms with van der Waals surface area (Å²) in [4.78, 5) is 4.31. The van der Waals surface area contributed by atoms with Gasteiger partial charge >= 0.3 is 0 Å². The van der Waals surface area contributed by atoms with Crippen molar-refractivity contribution in [1.82, 2.24) is 0 Å². The van der Waals surface area contributed by atoms with Crippen molar-refractivity contribution < 1.29 is 14.9 Å². The summed E-state index contributed by atoms with van der Waals surface area (Å²) in [6, 6.07) is 7.49. The Labute approximate surface area is 108 Å². The summed E-state index contributed by atoms with van der Waals surface area (Å²) in [6.45, 7) is 4.97. The minimum absolute atomic E-state index is 0.0133. The van der Waals surface area contributed by atoms with Crippen LogP contribution < -0.4 is 4.74 Å². The molecule has 0 bridgehead atoms. The van der Waals surface area contributed by atoms with Gasteiger partial charge in [-0.15, -0.1) is 0 Å². The Morgan fingerprint density at radius 3 is 2.44 bits per heavy atom. The normalized spacial score (nSPS) is 12.0. The van der Waals surface area contributed by atoms with Crippen LogP contribution in [0.1, 0.15) is 19.4 Å². The predicted molar refractivity (Wildman–Crippen MR) is 72.4 cm³/mol. The quantitative estimate of drug-likeness (QED) is 0.722. The third-order valence-corrected chi connectivity index (χ3v) is 2.43. The molecule has 0 fully saturated rings. The Morgan fingerprint density at radius 2 is 1.89 bits per heavy atom. The van der Waals surface area contributed by atoms with Gasteiger partial charge in [-0.3, -0.25) is 4.99 Å². The van der Waals surface area contributed by atoms with Gasteiger partial charge in [0.05, 0.1) is 6.61 Å². The number of aliphatic hydroxyl groups excluding tert-OH is 2. The fraction of sp³-hybridized carbons (Fsp3) is 0.500. The van der Waals surface area contributed by atoms with E-state index in [9.17, 15) is 0 Å². The largest absolute Gasteiger partial charge is 0.491 e. The van der Waals surface area contributed by atoms with Gasteiger partial charge < -0.3 is 14.9 Å². The van der Waals surface area contributed by atoms with E-state index in [1.807, 2.05) is 38.1 Å². The molecule has 0 saturated carbocycles. The van der Waals surface area contributed by atoms with E-state index in [0.29, 0.717) is 13.2 Å². The highest BCUT2D eigenvalue weighted by Crippen LogP contribution is 2.14. The van der Waals surface area contributed by atoms with Gasteiger partial charge in [-0.25, -0.2) is 0 Å². The standard InChI is InChI=1S/C14H21NO3/c1-14(2,11-17)10-15-9-12-3-5-13(6-4-12)18-8-7-16/h3-6,9,16-17H,7-8,10-11H2,1-2H3. The van der Waals surface area contributed by atoms with E-state index in [2.05, 4.69) is 4.99 Å². The SMILES string of the molecule is CC(C)(CO)CN=Cc1ccc(OCCO)cc1. The van der Waals surface area contributed by atoms with Crippen LogP contribution in [0.5, 0.6) is 5.75 Å². The Kier molecular flexibility index (Phi) is 5.82. The fourth-order valence-corrected chi connectivity index (χ4v) is 1.26. The molecular weight excluding hydrogens is 230 g/mol. The molecule has 1 aromatic rings. The second-order valence-electron chi connectivity index (χ2n) is 4.93. The van der Waals surface area contributed by atoms with Crippen LogP contribution in [0.2, 0.25) is 0 Å². The van der Waals surface area contributed by atoms with Gasteiger partial charge in [0.15, 0.2) is 0 Å². The van der Waals surface area contributed by atoms with Crippen LogP contribution in [0.25, 0.3) is 0 Å². The van der Waals surface area contributed by atoms with Gasteiger partial charge in [0.25, 0.3) is 0 Å². The van der Waals surface area contributed by atoms with Gasteiger partial charge in [0, 0.05) is 24.8 Å². The summed E-state index contributed by atoms with van der Waals surface area (Å²) >= 11 is 0. The minimum atomic E-state index is -0.180. The first-order valence-corrected chi connectivity index (χ1v) is 6.02. The molecule has 0 unspecified atom stereocenters. The number of aliphatic hydroxyl groups is 2. The van der Waals surface area contributed by atoms with E-state index in [1.165, 1.54) is 0 Å². The Bertz CT molecular complexity index is 371. The molecule has 0 heterocycles. The molecule has 1 rings (SSSR count). The van der Waals surface area contributed by atoms with Gasteiger partial charge in [-0.2, -0.15) is 0 Å². The molecular formula is C14H21NO3. The van der Waals surface area contributed by atoms with Crippen LogP contribution in [-0.2, 0) is 0 Å². The molecule has 4 heteroatoms. The van der Waals surface area contributed by atoms with Crippen molar-refractivity contribution >= 4 is 6.21 Å². The highest BCUT2D eigenvalue weighted by atomic mass is 16.5. The van der Waals surface area contributed by atoms with Crippen LogP contribution >= 0.6 is 0 Å². The number of ether oxygens (including phenoxy) is 1. The molecule has 0 aliphatic heterocycles. The van der Waals surface area contributed by atoms with Gasteiger partial charge in [0.2, 0.25) is 0 Å². The van der Waals surface area contributed by atoms with E-state index >= 15 is 0 Å². The Balaban J connectivity index is 2.50. The topological polar surface area (TPSA) is 62.1 Å². The van der Waals surface area contributed by atoms with Crippen LogP contribution in [-0.4, -0.2) is 42.8 Å². The summed E-state index contributed by atoms with van der Waals surface area (Å²) in [5.41, 5.74) is 0.806. The highest BCUT2D eigenvalue weighted by Gasteiger charge is 2.14. The molecule has 2 N–H and O–H groups in total. The number of hydrogen-bond donors (Lipinski definition) is 2. The van der Waals surface area contributed by atoms with E-state index in [1.54, 1.807) is 6.21 Å². The molecule has 100 valence electrons. The molecule has 0 aliphatic carbocycles. The molecule has 0 saturated heterocycles. The lowest BCUT2D eigenvalue weighted by molar-refractivity contribution is 0.167. The average molecular weight is 251 g/mol. The predicted octanol–water partition coefficient (Wildman–Crippen LogP) is 1.50. The van der Waals surface area contributed by atoms with Crippen molar-refractivity contribution in [2.45, 2.75) is 13.8 Å². The molecule has 18 heavy (non-hydrogen) atoms. The molecule has 0 atom stereocenters. The maximum Gasteiger partial charge on any atom is 0.119 e. The van der Waals surface area contributed by atoms with Gasteiger partial charge in [-0.1, -0.05) is 13.8 Å². The number of benzene rings is 1. The molecule has 1 aromatic carbocycles. The van der Waals surface area contributed by atoms with Crippen molar-refractivity contribution in [3.63, 3.8) is 0 Å². The van der Waals surface area contributed by atoms with E-state index in [-0.39, 0.29) is 18.6 Å². The maximum atomic E-state index is 9.10. The molecule has 0 amide bonds. The summed E-state index contributed by atoms with van der Waals surface area (Å²) < 4.78 is 5.26. The Morgan fingerprint density at radius 1 is 1.22 bits per heavy atom. The monoisotopic (exact) mass is 251 g/mol. The zero-order valence-corrected chi connectivity index (χ0v) is 11.0. The van der Waals surface area contributed by atoms with Crippen LogP contribution in [0.15, 0.2) is 29.3 Å². The summed E-state index contributed by atoms with van der Waals surface area (Å²) in [7, 11) is 0. The second-order valence-corrected chi connectivity index (χ2v) is 4.93. The molecule has 4 nitrogen and oxygen atoms in total. The average Bonchev–Trinajstić information content (AvgIpc) is 2.38. The lowest BCUT2D eigenvalue weighted by Gasteiger charge is -2.17. The number of nitrogens with zero attached hydrogens (tertiary/aromatic N) is 1. The van der Waals surface area contributed by atoms with Crippen molar-refractivity contribution in [1.29, 1.82) is 0 Å². The second kappa shape index (κ2) is 7.13. The van der Waals surface area contributed by atoms with Crippen molar-refractivity contribution in [3.8, 4) is 5.75 Å². The maximum absolute atomic E-state index is 9.10. The zero-order chi connectivity index (χ0) is 13.4.